The minimum atomic E-state index is -0.267. The number of carbonyl (C=O) groups excluding carboxylic acids is 1. The number of carbonyl (C=O) groups is 1. The average Bonchev–Trinajstić information content (AvgIpc) is 3.07. The number of Topliss-reactive ketones (excluding diaryl/α,β-unsaturated/α-hetero) is 1. The van der Waals surface area contributed by atoms with Crippen LogP contribution in [0.25, 0.3) is 0 Å². The van der Waals surface area contributed by atoms with Crippen LogP contribution >= 0.6 is 0 Å². The maximum Gasteiger partial charge on any atom is 0.226 e. The number of ketones is 1. The molecule has 1 unspecified atom stereocenters. The molecule has 1 N–H and O–H groups in total. The first kappa shape index (κ1) is 17.8. The first-order valence-corrected chi connectivity index (χ1v) is 9.64. The highest BCUT2D eigenvalue weighted by molar-refractivity contribution is 6.00. The molecule has 0 saturated carbocycles. The van der Waals surface area contributed by atoms with Crippen LogP contribution in [0.15, 0.2) is 41.9 Å². The van der Waals surface area contributed by atoms with Crippen LogP contribution in [-0.2, 0) is 4.79 Å². The van der Waals surface area contributed by atoms with Crippen molar-refractivity contribution >= 4 is 11.7 Å². The van der Waals surface area contributed by atoms with Gasteiger partial charge in [-0.3, -0.25) is 4.79 Å². The summed E-state index contributed by atoms with van der Waals surface area (Å²) in [5, 5.41) is 7.74. The van der Waals surface area contributed by atoms with Gasteiger partial charge in [0.2, 0.25) is 5.95 Å². The van der Waals surface area contributed by atoms with Crippen molar-refractivity contribution in [2.24, 2.45) is 5.41 Å². The Morgan fingerprint density at radius 2 is 2.19 bits per heavy atom. The Bertz CT molecular complexity index is 897. The molecule has 1 aromatic heterocycles. The number of ether oxygens (including phenoxy) is 1. The van der Waals surface area contributed by atoms with Gasteiger partial charge in [0.15, 0.2) is 5.78 Å². The van der Waals surface area contributed by atoms with Crippen LogP contribution in [0.5, 0.6) is 5.75 Å². The van der Waals surface area contributed by atoms with E-state index in [2.05, 4.69) is 36.2 Å². The van der Waals surface area contributed by atoms with Crippen LogP contribution in [0.4, 0.5) is 5.95 Å². The quantitative estimate of drug-likeness (QED) is 0.806. The normalized spacial score (nSPS) is 20.7. The van der Waals surface area contributed by atoms with Gasteiger partial charge in [-0.1, -0.05) is 39.3 Å². The third-order valence-corrected chi connectivity index (χ3v) is 5.21. The molecule has 0 saturated heterocycles. The number of nitrogens with zero attached hydrogens (tertiary/aromatic N) is 3. The van der Waals surface area contributed by atoms with Crippen molar-refractivity contribution in [3.8, 4) is 5.75 Å². The largest absolute Gasteiger partial charge is 0.494 e. The fourth-order valence-corrected chi connectivity index (χ4v) is 3.97. The Labute approximate surface area is 159 Å². The average molecular weight is 366 g/mol. The smallest absolute Gasteiger partial charge is 0.226 e. The van der Waals surface area contributed by atoms with E-state index in [-0.39, 0.29) is 17.2 Å². The monoisotopic (exact) mass is 366 g/mol. The Balaban J connectivity index is 1.75. The van der Waals surface area contributed by atoms with Gasteiger partial charge < -0.3 is 10.1 Å². The van der Waals surface area contributed by atoms with Gasteiger partial charge in [0, 0.05) is 17.7 Å². The number of hydrogen-bond acceptors (Lipinski definition) is 5. The Hall–Kier alpha value is -2.63. The molecular formula is C21H26N4O2. The fraction of sp³-hybridized carbons (Fsp3) is 0.476. The minimum Gasteiger partial charge on any atom is -0.494 e. The summed E-state index contributed by atoms with van der Waals surface area (Å²) in [6, 6.07) is 7.73. The maximum atomic E-state index is 13.1. The molecular weight excluding hydrogens is 340 g/mol. The van der Waals surface area contributed by atoms with Crippen LogP contribution in [0.1, 0.15) is 58.1 Å². The molecule has 27 heavy (non-hydrogen) atoms. The van der Waals surface area contributed by atoms with Crippen molar-refractivity contribution in [1.29, 1.82) is 0 Å². The molecule has 2 heterocycles. The summed E-state index contributed by atoms with van der Waals surface area (Å²) in [5.41, 5.74) is 2.72. The van der Waals surface area contributed by atoms with Crippen molar-refractivity contribution in [3.05, 3.63) is 47.4 Å². The second-order valence-electron chi connectivity index (χ2n) is 8.16. The van der Waals surface area contributed by atoms with Crippen LogP contribution < -0.4 is 10.1 Å². The minimum absolute atomic E-state index is 0.0548. The summed E-state index contributed by atoms with van der Waals surface area (Å²) in [5.74, 6) is 1.69. The lowest BCUT2D eigenvalue weighted by atomic mass is 9.73. The SMILES string of the molecule is CCCCOc1cccc(C2C3=C(CC(C)(C)CC3=O)Nc3ncnn32)c1. The highest BCUT2D eigenvalue weighted by atomic mass is 16.5. The Morgan fingerprint density at radius 3 is 3.00 bits per heavy atom. The summed E-state index contributed by atoms with van der Waals surface area (Å²) < 4.78 is 7.69. The summed E-state index contributed by atoms with van der Waals surface area (Å²) >= 11 is 0. The first-order chi connectivity index (χ1) is 13.0. The lowest BCUT2D eigenvalue weighted by molar-refractivity contribution is -0.118. The van der Waals surface area contributed by atoms with Crippen molar-refractivity contribution in [3.63, 3.8) is 0 Å². The molecule has 6 nitrogen and oxygen atoms in total. The molecule has 142 valence electrons. The van der Waals surface area contributed by atoms with E-state index < -0.39 is 0 Å². The highest BCUT2D eigenvalue weighted by Crippen LogP contribution is 2.45. The molecule has 0 radical (unpaired) electrons. The summed E-state index contributed by atoms with van der Waals surface area (Å²) in [7, 11) is 0. The second kappa shape index (κ2) is 6.83. The molecule has 2 aromatic rings. The Morgan fingerprint density at radius 1 is 1.33 bits per heavy atom. The summed E-state index contributed by atoms with van der Waals surface area (Å²) in [4.78, 5) is 17.4. The van der Waals surface area contributed by atoms with Gasteiger partial charge in [-0.15, -0.1) is 0 Å². The van der Waals surface area contributed by atoms with Gasteiger partial charge in [0.05, 0.1) is 6.61 Å². The van der Waals surface area contributed by atoms with Crippen LogP contribution in [0.3, 0.4) is 0 Å². The van der Waals surface area contributed by atoms with Crippen LogP contribution in [0, 0.1) is 5.41 Å². The van der Waals surface area contributed by atoms with E-state index in [0.29, 0.717) is 19.0 Å². The van der Waals surface area contributed by atoms with Crippen molar-refractivity contribution in [2.45, 2.75) is 52.5 Å². The van der Waals surface area contributed by atoms with E-state index in [4.69, 9.17) is 4.74 Å². The Kier molecular flexibility index (Phi) is 4.50. The molecule has 0 fully saturated rings. The lowest BCUT2D eigenvalue weighted by Crippen LogP contribution is -2.36. The molecule has 4 rings (SSSR count). The summed E-state index contributed by atoms with van der Waals surface area (Å²) in [6.45, 7) is 7.10. The van der Waals surface area contributed by atoms with Crippen molar-refractivity contribution in [1.82, 2.24) is 14.8 Å². The first-order valence-electron chi connectivity index (χ1n) is 9.64. The molecule has 1 aliphatic carbocycles. The maximum absolute atomic E-state index is 13.1. The standard InChI is InChI=1S/C21H26N4O2/c1-4-5-9-27-15-8-6-7-14(10-15)19-18-16(11-21(2,3)12-17(18)26)24-20-22-13-23-25(19)20/h6-8,10,13,19H,4-5,9,11-12H2,1-3H3,(H,22,23,24). The number of unbranched alkanes of at least 4 members (excludes halogenated alkanes) is 1. The zero-order valence-corrected chi connectivity index (χ0v) is 16.2. The fourth-order valence-electron chi connectivity index (χ4n) is 3.97. The number of rotatable bonds is 5. The number of hydrogen-bond donors (Lipinski definition) is 1. The van der Waals surface area contributed by atoms with Gasteiger partial charge in [0.1, 0.15) is 18.1 Å². The number of allylic oxidation sites excluding steroid dienone is 2. The molecule has 0 bridgehead atoms. The van der Waals surface area contributed by atoms with Gasteiger partial charge in [-0.25, -0.2) is 4.68 Å². The van der Waals surface area contributed by atoms with Crippen LogP contribution in [0.2, 0.25) is 0 Å². The number of benzene rings is 1. The predicted octanol–water partition coefficient (Wildman–Crippen LogP) is 4.12. The molecule has 1 aliphatic heterocycles. The molecule has 6 heteroatoms. The third-order valence-electron chi connectivity index (χ3n) is 5.21. The number of anilines is 1. The molecule has 1 atom stereocenters. The molecule has 0 amide bonds. The zero-order chi connectivity index (χ0) is 19.0. The van der Waals surface area contributed by atoms with Gasteiger partial charge in [0.25, 0.3) is 0 Å². The van der Waals surface area contributed by atoms with Crippen molar-refractivity contribution in [2.75, 3.05) is 11.9 Å². The third kappa shape index (κ3) is 3.36. The molecule has 1 aromatic carbocycles. The van der Waals surface area contributed by atoms with Gasteiger partial charge in [-0.05, 0) is 36.0 Å². The zero-order valence-electron chi connectivity index (χ0n) is 16.2. The molecule has 0 spiro atoms. The number of nitrogens with one attached hydrogen (secondary N) is 1. The van der Waals surface area contributed by atoms with Gasteiger partial charge in [-0.2, -0.15) is 10.1 Å². The predicted molar refractivity (Wildman–Crippen MR) is 104 cm³/mol. The van der Waals surface area contributed by atoms with E-state index in [1.165, 1.54) is 6.33 Å². The van der Waals surface area contributed by atoms with E-state index in [1.807, 2.05) is 24.3 Å². The van der Waals surface area contributed by atoms with Crippen molar-refractivity contribution < 1.29 is 9.53 Å². The topological polar surface area (TPSA) is 69.0 Å². The number of aromatic nitrogens is 3. The van der Waals surface area contributed by atoms with E-state index >= 15 is 0 Å². The van der Waals surface area contributed by atoms with E-state index in [1.54, 1.807) is 4.68 Å². The number of fused-ring (bicyclic) bond motifs is 1. The summed E-state index contributed by atoms with van der Waals surface area (Å²) in [6.07, 6.45) is 5.01. The van der Waals surface area contributed by atoms with E-state index in [0.717, 1.165) is 41.8 Å². The second-order valence-corrected chi connectivity index (χ2v) is 8.16. The lowest BCUT2D eigenvalue weighted by Gasteiger charge is -2.38. The molecule has 2 aliphatic rings. The highest BCUT2D eigenvalue weighted by Gasteiger charge is 2.41. The van der Waals surface area contributed by atoms with Crippen LogP contribution in [-0.4, -0.2) is 27.2 Å². The van der Waals surface area contributed by atoms with Gasteiger partial charge >= 0.3 is 0 Å². The van der Waals surface area contributed by atoms with E-state index in [9.17, 15) is 4.79 Å².